The Morgan fingerprint density at radius 3 is 3.14 bits per heavy atom. The lowest BCUT2D eigenvalue weighted by Crippen LogP contribution is -2.55. The van der Waals surface area contributed by atoms with E-state index in [0.29, 0.717) is 19.7 Å². The number of carbonyl (C=O) groups excluding carboxylic acids is 1. The molecule has 2 amide bonds. The van der Waals surface area contributed by atoms with Gasteiger partial charge in [-0.2, -0.15) is 0 Å². The van der Waals surface area contributed by atoms with E-state index in [1.54, 1.807) is 6.20 Å². The first-order chi connectivity index (χ1) is 10.6. The zero-order chi connectivity index (χ0) is 15.6. The Bertz CT molecular complexity index is 518. The van der Waals surface area contributed by atoms with Crippen LogP contribution in [0.5, 0.6) is 0 Å². The minimum Gasteiger partial charge on any atom is -0.374 e. The number of pyridine rings is 1. The van der Waals surface area contributed by atoms with Crippen LogP contribution in [0.2, 0.25) is 0 Å². The second-order valence-corrected chi connectivity index (χ2v) is 6.89. The molecule has 2 atom stereocenters. The Labute approximate surface area is 132 Å². The highest BCUT2D eigenvalue weighted by molar-refractivity contribution is 5.75. The lowest BCUT2D eigenvalue weighted by Gasteiger charge is -2.38. The van der Waals surface area contributed by atoms with E-state index < -0.39 is 0 Å². The Hall–Kier alpha value is -1.62. The Balaban J connectivity index is 1.60. The van der Waals surface area contributed by atoms with Gasteiger partial charge in [0, 0.05) is 30.9 Å². The second-order valence-electron chi connectivity index (χ2n) is 6.89. The number of urea groups is 1. The first-order valence-electron chi connectivity index (χ1n) is 8.14. The van der Waals surface area contributed by atoms with Crippen molar-refractivity contribution in [1.82, 2.24) is 15.2 Å². The van der Waals surface area contributed by atoms with Crippen LogP contribution in [-0.2, 0) is 10.2 Å². The minimum atomic E-state index is -0.134. The molecular formula is C17H25N3O2. The molecule has 120 valence electrons. The SMILES string of the molecule is CC(C)(CNC(=O)N1CCO[C@H]2CCC[C@H]21)c1cccnc1. The molecule has 0 bridgehead atoms. The van der Waals surface area contributed by atoms with Gasteiger partial charge < -0.3 is 15.0 Å². The molecule has 1 aliphatic heterocycles. The fraction of sp³-hybridized carbons (Fsp3) is 0.647. The zero-order valence-corrected chi connectivity index (χ0v) is 13.4. The van der Waals surface area contributed by atoms with Crippen LogP contribution in [0.15, 0.2) is 24.5 Å². The molecule has 2 fully saturated rings. The predicted octanol–water partition coefficient (Wildman–Crippen LogP) is 2.32. The van der Waals surface area contributed by atoms with E-state index >= 15 is 0 Å². The number of hydrogen-bond acceptors (Lipinski definition) is 3. The van der Waals surface area contributed by atoms with Crippen LogP contribution < -0.4 is 5.32 Å². The van der Waals surface area contributed by atoms with E-state index in [1.165, 1.54) is 0 Å². The van der Waals surface area contributed by atoms with E-state index in [-0.39, 0.29) is 23.6 Å². The lowest BCUT2D eigenvalue weighted by atomic mass is 9.86. The van der Waals surface area contributed by atoms with Crippen LogP contribution >= 0.6 is 0 Å². The fourth-order valence-electron chi connectivity index (χ4n) is 3.44. The lowest BCUT2D eigenvalue weighted by molar-refractivity contribution is -0.0383. The molecule has 5 heteroatoms. The number of rotatable bonds is 3. The van der Waals surface area contributed by atoms with Gasteiger partial charge in [0.2, 0.25) is 0 Å². The summed E-state index contributed by atoms with van der Waals surface area (Å²) >= 11 is 0. The van der Waals surface area contributed by atoms with Crippen molar-refractivity contribution in [2.24, 2.45) is 0 Å². The van der Waals surface area contributed by atoms with Gasteiger partial charge in [0.15, 0.2) is 0 Å². The average Bonchev–Trinajstić information content (AvgIpc) is 3.02. The molecule has 0 spiro atoms. The number of nitrogens with one attached hydrogen (secondary N) is 1. The molecule has 1 aromatic rings. The first-order valence-corrected chi connectivity index (χ1v) is 8.14. The number of hydrogen-bond donors (Lipinski definition) is 1. The van der Waals surface area contributed by atoms with Crippen molar-refractivity contribution in [2.45, 2.75) is 50.7 Å². The Morgan fingerprint density at radius 1 is 1.50 bits per heavy atom. The van der Waals surface area contributed by atoms with Crippen LogP contribution in [-0.4, -0.2) is 47.8 Å². The Kier molecular flexibility index (Phi) is 4.34. The number of carbonyl (C=O) groups is 1. The summed E-state index contributed by atoms with van der Waals surface area (Å²) in [7, 11) is 0. The van der Waals surface area contributed by atoms with Gasteiger partial charge in [0.25, 0.3) is 0 Å². The minimum absolute atomic E-state index is 0.0390. The predicted molar refractivity (Wildman–Crippen MR) is 84.7 cm³/mol. The van der Waals surface area contributed by atoms with Gasteiger partial charge >= 0.3 is 6.03 Å². The molecule has 1 N–H and O–H groups in total. The van der Waals surface area contributed by atoms with E-state index in [0.717, 1.165) is 24.8 Å². The van der Waals surface area contributed by atoms with Gasteiger partial charge in [-0.3, -0.25) is 4.98 Å². The molecule has 1 aromatic heterocycles. The van der Waals surface area contributed by atoms with Crippen molar-refractivity contribution in [2.75, 3.05) is 19.7 Å². The van der Waals surface area contributed by atoms with Crippen LogP contribution in [0.25, 0.3) is 0 Å². The summed E-state index contributed by atoms with van der Waals surface area (Å²) in [5.74, 6) is 0. The number of morpholine rings is 1. The number of ether oxygens (including phenoxy) is 1. The van der Waals surface area contributed by atoms with Gasteiger partial charge in [-0.15, -0.1) is 0 Å². The second kappa shape index (κ2) is 6.24. The normalized spacial score (nSPS) is 24.9. The molecule has 0 aromatic carbocycles. The monoisotopic (exact) mass is 303 g/mol. The molecule has 1 saturated heterocycles. The summed E-state index contributed by atoms with van der Waals surface area (Å²) in [6.45, 7) is 6.21. The summed E-state index contributed by atoms with van der Waals surface area (Å²) in [4.78, 5) is 18.7. The van der Waals surface area contributed by atoms with Gasteiger partial charge in [0.1, 0.15) is 0 Å². The maximum Gasteiger partial charge on any atom is 0.317 e. The molecule has 22 heavy (non-hydrogen) atoms. The van der Waals surface area contributed by atoms with Gasteiger partial charge in [-0.05, 0) is 30.9 Å². The highest BCUT2D eigenvalue weighted by Crippen LogP contribution is 2.29. The van der Waals surface area contributed by atoms with Crippen molar-refractivity contribution in [3.63, 3.8) is 0 Å². The zero-order valence-electron chi connectivity index (χ0n) is 13.4. The van der Waals surface area contributed by atoms with Crippen molar-refractivity contribution in [1.29, 1.82) is 0 Å². The molecule has 1 saturated carbocycles. The van der Waals surface area contributed by atoms with E-state index in [2.05, 4.69) is 30.2 Å². The summed E-state index contributed by atoms with van der Waals surface area (Å²) in [6, 6.07) is 4.29. The number of nitrogens with zero attached hydrogens (tertiary/aromatic N) is 2. The average molecular weight is 303 g/mol. The van der Waals surface area contributed by atoms with E-state index in [9.17, 15) is 4.79 Å². The molecule has 0 radical (unpaired) electrons. The largest absolute Gasteiger partial charge is 0.374 e. The summed E-state index contributed by atoms with van der Waals surface area (Å²) < 4.78 is 5.77. The topological polar surface area (TPSA) is 54.5 Å². The highest BCUT2D eigenvalue weighted by Gasteiger charge is 2.38. The van der Waals surface area contributed by atoms with Crippen LogP contribution in [0.3, 0.4) is 0 Å². The highest BCUT2D eigenvalue weighted by atomic mass is 16.5. The van der Waals surface area contributed by atoms with Crippen LogP contribution in [0.4, 0.5) is 4.79 Å². The first kappa shape index (κ1) is 15.3. The standard InChI is InChI=1S/C17H25N3O2/c1-17(2,13-5-4-8-18-11-13)12-19-16(21)20-9-10-22-15-7-3-6-14(15)20/h4-5,8,11,14-15H,3,6-7,9-10,12H2,1-2H3,(H,19,21)/t14-,15+/m1/s1. The molecular weight excluding hydrogens is 278 g/mol. The summed E-state index contributed by atoms with van der Waals surface area (Å²) in [6.07, 6.45) is 7.17. The fourth-order valence-corrected chi connectivity index (χ4v) is 3.44. The third-order valence-corrected chi connectivity index (χ3v) is 4.87. The molecule has 2 heterocycles. The van der Waals surface area contributed by atoms with Crippen molar-refractivity contribution >= 4 is 6.03 Å². The third-order valence-electron chi connectivity index (χ3n) is 4.87. The van der Waals surface area contributed by atoms with Gasteiger partial charge in [-0.1, -0.05) is 19.9 Å². The maximum atomic E-state index is 12.6. The molecule has 3 rings (SSSR count). The quantitative estimate of drug-likeness (QED) is 0.932. The van der Waals surface area contributed by atoms with Crippen molar-refractivity contribution < 1.29 is 9.53 Å². The summed E-state index contributed by atoms with van der Waals surface area (Å²) in [5.41, 5.74) is 1.00. The summed E-state index contributed by atoms with van der Waals surface area (Å²) in [5, 5.41) is 3.11. The molecule has 0 unspecified atom stereocenters. The van der Waals surface area contributed by atoms with Crippen molar-refractivity contribution in [3.05, 3.63) is 30.1 Å². The van der Waals surface area contributed by atoms with Gasteiger partial charge in [-0.25, -0.2) is 4.79 Å². The molecule has 1 aliphatic carbocycles. The number of fused-ring (bicyclic) bond motifs is 1. The van der Waals surface area contributed by atoms with Gasteiger partial charge in [0.05, 0.1) is 18.8 Å². The third kappa shape index (κ3) is 3.09. The maximum absolute atomic E-state index is 12.6. The van der Waals surface area contributed by atoms with Crippen molar-refractivity contribution in [3.8, 4) is 0 Å². The molecule has 5 nitrogen and oxygen atoms in total. The van der Waals surface area contributed by atoms with Crippen LogP contribution in [0.1, 0.15) is 38.7 Å². The van der Waals surface area contributed by atoms with E-state index in [4.69, 9.17) is 4.74 Å². The van der Waals surface area contributed by atoms with E-state index in [1.807, 2.05) is 17.2 Å². The number of amides is 2. The number of aromatic nitrogens is 1. The smallest absolute Gasteiger partial charge is 0.317 e. The molecule has 2 aliphatic rings. The Morgan fingerprint density at radius 2 is 2.36 bits per heavy atom. The van der Waals surface area contributed by atoms with Crippen LogP contribution in [0, 0.1) is 0 Å².